The quantitative estimate of drug-likeness (QED) is 0.800. The molecule has 2 N–H and O–H groups in total. The van der Waals surface area contributed by atoms with Crippen molar-refractivity contribution in [2.24, 2.45) is 5.73 Å². The Morgan fingerprint density at radius 2 is 2.42 bits per heavy atom. The molecule has 0 saturated heterocycles. The Hall–Kier alpha value is -0.710. The molecule has 0 atom stereocenters. The van der Waals surface area contributed by atoms with Gasteiger partial charge in [-0.25, -0.2) is 4.98 Å². The number of nitrogens with two attached hydrogens (primary N) is 1. The molecule has 0 bridgehead atoms. The van der Waals surface area contributed by atoms with E-state index in [0.717, 1.165) is 5.01 Å². The zero-order valence-corrected chi connectivity index (χ0v) is 7.99. The number of nitrogens with zero attached hydrogens (tertiary/aromatic N) is 1. The van der Waals surface area contributed by atoms with Gasteiger partial charge in [-0.05, 0) is 16.8 Å². The van der Waals surface area contributed by atoms with E-state index in [1.165, 1.54) is 10.4 Å². The van der Waals surface area contributed by atoms with Crippen LogP contribution in [0.25, 0.3) is 10.4 Å². The first-order chi connectivity index (χ1) is 5.90. The van der Waals surface area contributed by atoms with Crippen LogP contribution in [0.2, 0.25) is 0 Å². The minimum atomic E-state index is 0.537. The third-order valence-electron chi connectivity index (χ3n) is 1.53. The van der Waals surface area contributed by atoms with Gasteiger partial charge in [0.1, 0.15) is 5.01 Å². The number of thiophene rings is 1. The summed E-state index contributed by atoms with van der Waals surface area (Å²) >= 11 is 3.36. The first kappa shape index (κ1) is 7.91. The van der Waals surface area contributed by atoms with Gasteiger partial charge in [0.15, 0.2) is 0 Å². The Kier molecular flexibility index (Phi) is 2.21. The van der Waals surface area contributed by atoms with Gasteiger partial charge in [0.05, 0.1) is 4.88 Å². The zero-order valence-electron chi connectivity index (χ0n) is 6.36. The van der Waals surface area contributed by atoms with Crippen LogP contribution in [-0.2, 0) is 6.54 Å². The molecule has 0 unspecified atom stereocenters. The Morgan fingerprint density at radius 3 is 3.00 bits per heavy atom. The van der Waals surface area contributed by atoms with Crippen molar-refractivity contribution in [2.75, 3.05) is 0 Å². The van der Waals surface area contributed by atoms with Crippen LogP contribution in [0.3, 0.4) is 0 Å². The predicted molar refractivity (Wildman–Crippen MR) is 53.3 cm³/mol. The molecule has 0 spiro atoms. The number of thiazole rings is 1. The monoisotopic (exact) mass is 196 g/mol. The standard InChI is InChI=1S/C8H8N2S2/c9-3-8-10-4-7(12-8)6-1-2-11-5-6/h1-2,4-5H,3,9H2. The number of aromatic nitrogens is 1. The molecule has 0 aliphatic rings. The Balaban J connectivity index is 2.35. The fourth-order valence-electron chi connectivity index (χ4n) is 0.943. The summed E-state index contributed by atoms with van der Waals surface area (Å²) in [7, 11) is 0. The van der Waals surface area contributed by atoms with Gasteiger partial charge >= 0.3 is 0 Å². The normalized spacial score (nSPS) is 10.4. The van der Waals surface area contributed by atoms with Crippen LogP contribution in [0.1, 0.15) is 5.01 Å². The van der Waals surface area contributed by atoms with E-state index >= 15 is 0 Å². The second kappa shape index (κ2) is 3.35. The summed E-state index contributed by atoms with van der Waals surface area (Å²) in [4.78, 5) is 5.39. The summed E-state index contributed by atoms with van der Waals surface area (Å²) in [6, 6.07) is 2.10. The van der Waals surface area contributed by atoms with Crippen molar-refractivity contribution in [3.63, 3.8) is 0 Å². The van der Waals surface area contributed by atoms with Crippen molar-refractivity contribution in [3.05, 3.63) is 28.0 Å². The Morgan fingerprint density at radius 1 is 1.50 bits per heavy atom. The van der Waals surface area contributed by atoms with Gasteiger partial charge in [-0.15, -0.1) is 11.3 Å². The average Bonchev–Trinajstić information content (AvgIpc) is 2.75. The van der Waals surface area contributed by atoms with Crippen molar-refractivity contribution in [2.45, 2.75) is 6.54 Å². The maximum Gasteiger partial charge on any atom is 0.107 e. The van der Waals surface area contributed by atoms with Crippen molar-refractivity contribution in [1.82, 2.24) is 4.98 Å². The highest BCUT2D eigenvalue weighted by Gasteiger charge is 2.02. The van der Waals surface area contributed by atoms with E-state index in [0.29, 0.717) is 6.54 Å². The summed E-state index contributed by atoms with van der Waals surface area (Å²) < 4.78 is 0. The van der Waals surface area contributed by atoms with Crippen LogP contribution in [0, 0.1) is 0 Å². The lowest BCUT2D eigenvalue weighted by atomic mass is 10.3. The fraction of sp³-hybridized carbons (Fsp3) is 0.125. The minimum Gasteiger partial charge on any atom is -0.325 e. The van der Waals surface area contributed by atoms with E-state index in [1.54, 1.807) is 22.7 Å². The number of hydrogen-bond donors (Lipinski definition) is 1. The summed E-state index contributed by atoms with van der Waals surface area (Å²) in [5.41, 5.74) is 6.71. The minimum absolute atomic E-state index is 0.537. The molecule has 2 nitrogen and oxygen atoms in total. The molecular formula is C8H8N2S2. The fourth-order valence-corrected chi connectivity index (χ4v) is 2.47. The van der Waals surface area contributed by atoms with E-state index in [-0.39, 0.29) is 0 Å². The molecule has 12 heavy (non-hydrogen) atoms. The van der Waals surface area contributed by atoms with Crippen LogP contribution >= 0.6 is 22.7 Å². The van der Waals surface area contributed by atoms with Gasteiger partial charge in [0.2, 0.25) is 0 Å². The SMILES string of the molecule is NCc1ncc(-c2ccsc2)s1. The maximum atomic E-state index is 5.47. The highest BCUT2D eigenvalue weighted by Crippen LogP contribution is 2.27. The van der Waals surface area contributed by atoms with Crippen LogP contribution in [0.4, 0.5) is 0 Å². The first-order valence-corrected chi connectivity index (χ1v) is 5.33. The lowest BCUT2D eigenvalue weighted by Crippen LogP contribution is -1.93. The number of rotatable bonds is 2. The summed E-state index contributed by atoms with van der Waals surface area (Å²) in [6.07, 6.45) is 1.88. The molecule has 0 aliphatic heterocycles. The molecule has 0 radical (unpaired) electrons. The maximum absolute atomic E-state index is 5.47. The lowest BCUT2D eigenvalue weighted by molar-refractivity contribution is 1.04. The lowest BCUT2D eigenvalue weighted by Gasteiger charge is -1.86. The first-order valence-electron chi connectivity index (χ1n) is 3.57. The van der Waals surface area contributed by atoms with E-state index in [9.17, 15) is 0 Å². The Bertz CT molecular complexity index is 351. The van der Waals surface area contributed by atoms with Crippen molar-refractivity contribution < 1.29 is 0 Å². The van der Waals surface area contributed by atoms with Gasteiger partial charge in [0.25, 0.3) is 0 Å². The molecule has 0 aromatic carbocycles. The summed E-state index contributed by atoms with van der Waals surface area (Å²) in [5.74, 6) is 0. The zero-order chi connectivity index (χ0) is 8.39. The van der Waals surface area contributed by atoms with Crippen molar-refractivity contribution in [3.8, 4) is 10.4 Å². The molecule has 0 saturated carbocycles. The van der Waals surface area contributed by atoms with Gasteiger partial charge < -0.3 is 5.73 Å². The van der Waals surface area contributed by atoms with Gasteiger partial charge in [-0.2, -0.15) is 11.3 Å². The molecule has 2 aromatic rings. The molecule has 2 heterocycles. The highest BCUT2D eigenvalue weighted by atomic mass is 32.1. The van der Waals surface area contributed by atoms with E-state index in [2.05, 4.69) is 21.8 Å². The van der Waals surface area contributed by atoms with Crippen LogP contribution in [0.15, 0.2) is 23.0 Å². The Labute approximate surface area is 78.7 Å². The topological polar surface area (TPSA) is 38.9 Å². The molecule has 2 rings (SSSR count). The van der Waals surface area contributed by atoms with Crippen molar-refractivity contribution >= 4 is 22.7 Å². The molecular weight excluding hydrogens is 188 g/mol. The molecule has 0 fully saturated rings. The average molecular weight is 196 g/mol. The third kappa shape index (κ3) is 1.41. The molecule has 4 heteroatoms. The second-order valence-electron chi connectivity index (χ2n) is 2.33. The van der Waals surface area contributed by atoms with Gasteiger partial charge in [-0.1, -0.05) is 0 Å². The van der Waals surface area contributed by atoms with Crippen LogP contribution in [0.5, 0.6) is 0 Å². The largest absolute Gasteiger partial charge is 0.325 e. The van der Waals surface area contributed by atoms with E-state index < -0.39 is 0 Å². The van der Waals surface area contributed by atoms with Crippen LogP contribution < -0.4 is 5.73 Å². The smallest absolute Gasteiger partial charge is 0.107 e. The van der Waals surface area contributed by atoms with E-state index in [1.807, 2.05) is 6.20 Å². The molecule has 0 aliphatic carbocycles. The van der Waals surface area contributed by atoms with Gasteiger partial charge in [0, 0.05) is 18.3 Å². The highest BCUT2D eigenvalue weighted by molar-refractivity contribution is 7.15. The summed E-state index contributed by atoms with van der Waals surface area (Å²) in [5, 5.41) is 5.18. The second-order valence-corrected chi connectivity index (χ2v) is 4.23. The van der Waals surface area contributed by atoms with E-state index in [4.69, 9.17) is 5.73 Å². The molecule has 2 aromatic heterocycles. The molecule has 0 amide bonds. The third-order valence-corrected chi connectivity index (χ3v) is 3.29. The number of hydrogen-bond acceptors (Lipinski definition) is 4. The van der Waals surface area contributed by atoms with Crippen molar-refractivity contribution in [1.29, 1.82) is 0 Å². The molecule has 62 valence electrons. The van der Waals surface area contributed by atoms with Crippen LogP contribution in [-0.4, -0.2) is 4.98 Å². The van der Waals surface area contributed by atoms with Gasteiger partial charge in [-0.3, -0.25) is 0 Å². The summed E-state index contributed by atoms with van der Waals surface area (Å²) in [6.45, 7) is 0.537. The predicted octanol–water partition coefficient (Wildman–Crippen LogP) is 2.33.